The molecule has 0 aliphatic carbocycles. The molecule has 0 bridgehead atoms. The minimum Gasteiger partial charge on any atom is -0.478 e. The summed E-state index contributed by atoms with van der Waals surface area (Å²) in [5, 5.41) is 9.43. The number of methoxy groups -OCH3 is 1. The summed E-state index contributed by atoms with van der Waals surface area (Å²) in [7, 11) is 1.19. The summed E-state index contributed by atoms with van der Waals surface area (Å²) in [5.74, 6) is -2.61. The number of ether oxygens (including phenoxy) is 1. The van der Waals surface area contributed by atoms with Crippen molar-refractivity contribution in [3.8, 4) is 11.1 Å². The fourth-order valence-corrected chi connectivity index (χ4v) is 2.08. The van der Waals surface area contributed by atoms with Gasteiger partial charge in [0.1, 0.15) is 5.82 Å². The molecule has 4 nitrogen and oxygen atoms in total. The smallest absolute Gasteiger partial charge is 0.337 e. The molecule has 0 fully saturated rings. The summed E-state index contributed by atoms with van der Waals surface area (Å²) in [4.78, 5) is 22.5. The van der Waals surface area contributed by atoms with Crippen molar-refractivity contribution >= 4 is 23.5 Å². The molecule has 0 aromatic heterocycles. The Labute approximate surface area is 124 Å². The van der Waals surface area contributed by atoms with Crippen LogP contribution in [0.15, 0.2) is 36.4 Å². The van der Waals surface area contributed by atoms with Gasteiger partial charge in [-0.25, -0.2) is 14.0 Å². The van der Waals surface area contributed by atoms with Crippen LogP contribution in [0, 0.1) is 5.82 Å². The number of aromatic carboxylic acids is 1. The van der Waals surface area contributed by atoms with Gasteiger partial charge in [0, 0.05) is 16.1 Å². The lowest BCUT2D eigenvalue weighted by Gasteiger charge is -2.09. The van der Waals surface area contributed by atoms with Crippen LogP contribution >= 0.6 is 11.6 Å². The average Bonchev–Trinajstić information content (AvgIpc) is 2.45. The Morgan fingerprint density at radius 1 is 1.14 bits per heavy atom. The third-order valence-electron chi connectivity index (χ3n) is 2.89. The van der Waals surface area contributed by atoms with E-state index in [9.17, 15) is 14.0 Å². The number of hydrogen-bond acceptors (Lipinski definition) is 3. The molecule has 2 rings (SSSR count). The van der Waals surface area contributed by atoms with Crippen molar-refractivity contribution in [2.45, 2.75) is 0 Å². The molecule has 2 aromatic rings. The van der Waals surface area contributed by atoms with Gasteiger partial charge in [0.25, 0.3) is 0 Å². The van der Waals surface area contributed by atoms with Crippen molar-refractivity contribution in [1.29, 1.82) is 0 Å². The van der Waals surface area contributed by atoms with Crippen molar-refractivity contribution in [3.05, 3.63) is 58.4 Å². The van der Waals surface area contributed by atoms with E-state index >= 15 is 0 Å². The number of benzene rings is 2. The Morgan fingerprint density at radius 3 is 2.43 bits per heavy atom. The number of rotatable bonds is 3. The second kappa shape index (κ2) is 5.93. The monoisotopic (exact) mass is 308 g/mol. The minimum absolute atomic E-state index is 0.0395. The van der Waals surface area contributed by atoms with Gasteiger partial charge in [-0.3, -0.25) is 0 Å². The first kappa shape index (κ1) is 15.0. The Hall–Kier alpha value is -2.40. The molecule has 0 aliphatic rings. The van der Waals surface area contributed by atoms with Crippen LogP contribution in [0.2, 0.25) is 5.02 Å². The van der Waals surface area contributed by atoms with Gasteiger partial charge in [-0.05, 0) is 30.3 Å². The summed E-state index contributed by atoms with van der Waals surface area (Å²) < 4.78 is 18.7. The first-order chi connectivity index (χ1) is 9.93. The molecule has 0 spiro atoms. The second-order valence-electron chi connectivity index (χ2n) is 4.18. The molecule has 0 unspecified atom stereocenters. The van der Waals surface area contributed by atoms with E-state index < -0.39 is 17.8 Å². The number of halogens is 2. The summed E-state index contributed by atoms with van der Waals surface area (Å²) >= 11 is 5.84. The molecule has 0 heterocycles. The van der Waals surface area contributed by atoms with Gasteiger partial charge in [-0.15, -0.1) is 0 Å². The molecule has 1 N–H and O–H groups in total. The van der Waals surface area contributed by atoms with E-state index in [4.69, 9.17) is 16.7 Å². The van der Waals surface area contributed by atoms with Gasteiger partial charge in [-0.2, -0.15) is 0 Å². The molecule has 21 heavy (non-hydrogen) atoms. The maximum atomic E-state index is 14.2. The zero-order chi connectivity index (χ0) is 15.6. The number of esters is 1. The first-order valence-electron chi connectivity index (χ1n) is 5.85. The van der Waals surface area contributed by atoms with Gasteiger partial charge in [0.05, 0.1) is 18.2 Å². The number of carboxylic acids is 1. The van der Waals surface area contributed by atoms with Gasteiger partial charge in [0.15, 0.2) is 0 Å². The number of carbonyl (C=O) groups is 2. The van der Waals surface area contributed by atoms with E-state index in [1.54, 1.807) is 0 Å². The molecule has 0 atom stereocenters. The highest BCUT2D eigenvalue weighted by molar-refractivity contribution is 6.31. The van der Waals surface area contributed by atoms with Gasteiger partial charge in [-0.1, -0.05) is 17.7 Å². The van der Waals surface area contributed by atoms with E-state index in [2.05, 4.69) is 4.74 Å². The van der Waals surface area contributed by atoms with Crippen molar-refractivity contribution in [2.75, 3.05) is 7.11 Å². The van der Waals surface area contributed by atoms with Crippen LogP contribution < -0.4 is 0 Å². The van der Waals surface area contributed by atoms with Crippen LogP contribution in [0.25, 0.3) is 11.1 Å². The fourth-order valence-electron chi connectivity index (χ4n) is 1.90. The lowest BCUT2D eigenvalue weighted by atomic mass is 9.98. The fraction of sp³-hybridized carbons (Fsp3) is 0.0667. The highest BCUT2D eigenvalue weighted by atomic mass is 35.5. The lowest BCUT2D eigenvalue weighted by Crippen LogP contribution is -2.04. The van der Waals surface area contributed by atoms with E-state index in [1.807, 2.05) is 0 Å². The molecule has 0 saturated carbocycles. The number of hydrogen-bond donors (Lipinski definition) is 1. The van der Waals surface area contributed by atoms with E-state index in [0.29, 0.717) is 0 Å². The summed E-state index contributed by atoms with van der Waals surface area (Å²) in [6.07, 6.45) is 0. The standard InChI is InChI=1S/C15H10ClFO4/c1-21-15(20)8-2-4-10(13(17)6-8)12-7-9(16)3-5-11(12)14(18)19/h2-7H,1H3,(H,18,19). The van der Waals surface area contributed by atoms with Crippen LogP contribution in [0.3, 0.4) is 0 Å². The van der Waals surface area contributed by atoms with Gasteiger partial charge >= 0.3 is 11.9 Å². The van der Waals surface area contributed by atoms with Crippen molar-refractivity contribution in [2.24, 2.45) is 0 Å². The van der Waals surface area contributed by atoms with Crippen molar-refractivity contribution in [1.82, 2.24) is 0 Å². The Morgan fingerprint density at radius 2 is 1.86 bits per heavy atom. The zero-order valence-corrected chi connectivity index (χ0v) is 11.6. The second-order valence-corrected chi connectivity index (χ2v) is 4.62. The van der Waals surface area contributed by atoms with Crippen LogP contribution in [-0.2, 0) is 4.74 Å². The Bertz CT molecular complexity index is 728. The molecular formula is C15H10ClFO4. The Kier molecular flexibility index (Phi) is 4.23. The molecule has 108 valence electrons. The largest absolute Gasteiger partial charge is 0.478 e. The van der Waals surface area contributed by atoms with Gasteiger partial charge in [0.2, 0.25) is 0 Å². The number of carboxylic acid groups (broad SMARTS) is 1. The summed E-state index contributed by atoms with van der Waals surface area (Å²) in [5.41, 5.74) is 0.147. The van der Waals surface area contributed by atoms with Crippen molar-refractivity contribution in [3.63, 3.8) is 0 Å². The zero-order valence-electron chi connectivity index (χ0n) is 10.9. The topological polar surface area (TPSA) is 63.6 Å². The first-order valence-corrected chi connectivity index (χ1v) is 6.23. The molecule has 2 aromatic carbocycles. The predicted octanol–water partition coefficient (Wildman–Crippen LogP) is 3.63. The lowest BCUT2D eigenvalue weighted by molar-refractivity contribution is 0.0599. The Balaban J connectivity index is 2.60. The number of carbonyl (C=O) groups excluding carboxylic acids is 1. The van der Waals surface area contributed by atoms with Crippen LogP contribution in [0.5, 0.6) is 0 Å². The van der Waals surface area contributed by atoms with Crippen LogP contribution in [-0.4, -0.2) is 24.2 Å². The predicted molar refractivity (Wildman–Crippen MR) is 75.1 cm³/mol. The SMILES string of the molecule is COC(=O)c1ccc(-c2cc(Cl)ccc2C(=O)O)c(F)c1. The maximum absolute atomic E-state index is 14.2. The van der Waals surface area contributed by atoms with E-state index in [1.165, 1.54) is 37.4 Å². The van der Waals surface area contributed by atoms with E-state index in [-0.39, 0.29) is 27.3 Å². The average molecular weight is 309 g/mol. The summed E-state index contributed by atoms with van der Waals surface area (Å²) in [6.45, 7) is 0. The molecule has 0 radical (unpaired) electrons. The molecule has 0 aliphatic heterocycles. The molecular weight excluding hydrogens is 299 g/mol. The normalized spacial score (nSPS) is 10.2. The minimum atomic E-state index is -1.20. The molecule has 0 amide bonds. The molecule has 0 saturated heterocycles. The van der Waals surface area contributed by atoms with Crippen LogP contribution in [0.4, 0.5) is 4.39 Å². The van der Waals surface area contributed by atoms with Crippen LogP contribution in [0.1, 0.15) is 20.7 Å². The van der Waals surface area contributed by atoms with Gasteiger partial charge < -0.3 is 9.84 Å². The maximum Gasteiger partial charge on any atom is 0.337 e. The molecule has 6 heteroatoms. The van der Waals surface area contributed by atoms with Crippen molar-refractivity contribution < 1.29 is 23.8 Å². The highest BCUT2D eigenvalue weighted by Crippen LogP contribution is 2.30. The quantitative estimate of drug-likeness (QED) is 0.879. The third-order valence-corrected chi connectivity index (χ3v) is 3.13. The highest BCUT2D eigenvalue weighted by Gasteiger charge is 2.17. The van der Waals surface area contributed by atoms with E-state index in [0.717, 1.165) is 6.07 Å². The summed E-state index contributed by atoms with van der Waals surface area (Å²) in [6, 6.07) is 7.74. The third kappa shape index (κ3) is 3.03.